The molecule has 0 spiro atoms. The zero-order chi connectivity index (χ0) is 7.40. The third-order valence-corrected chi connectivity index (χ3v) is 1.30. The fourth-order valence-corrected chi connectivity index (χ4v) is 0.772. The Labute approximate surface area is 59.7 Å². The Morgan fingerprint density at radius 1 is 1.90 bits per heavy atom. The molecule has 1 atom stereocenters. The fourth-order valence-electron chi connectivity index (χ4n) is 0.772. The maximum Gasteiger partial charge on any atom is 0.0921 e. The second-order valence-corrected chi connectivity index (χ2v) is 2.31. The Bertz CT molecular complexity index is 219. The number of aromatic nitrogens is 2. The first-order chi connectivity index (χ1) is 4.83. The molecule has 0 amide bonds. The van der Waals surface area contributed by atoms with Gasteiger partial charge >= 0.3 is 0 Å². The minimum Gasteiger partial charge on any atom is -0.348 e. The van der Waals surface area contributed by atoms with Gasteiger partial charge in [-0.05, 0) is 6.92 Å². The molecule has 1 unspecified atom stereocenters. The summed E-state index contributed by atoms with van der Waals surface area (Å²) in [5, 5.41) is 8.45. The van der Waals surface area contributed by atoms with Crippen molar-refractivity contribution in [3.8, 4) is 6.07 Å². The average molecular weight is 135 g/mol. The van der Waals surface area contributed by atoms with Crippen molar-refractivity contribution in [1.82, 2.24) is 9.97 Å². The summed E-state index contributed by atoms with van der Waals surface area (Å²) in [5.41, 5.74) is 1.02. The van der Waals surface area contributed by atoms with Gasteiger partial charge in [-0.2, -0.15) is 5.26 Å². The summed E-state index contributed by atoms with van der Waals surface area (Å²) in [4.78, 5) is 6.78. The summed E-state index contributed by atoms with van der Waals surface area (Å²) in [6, 6.07) is 2.16. The SMILES string of the molecule is CC(C#N)Cc1cnc[nH]1. The Kier molecular flexibility index (Phi) is 2.06. The molecular weight excluding hydrogens is 126 g/mol. The lowest BCUT2D eigenvalue weighted by Gasteiger charge is -1.95. The molecule has 0 aliphatic heterocycles. The molecule has 1 aromatic heterocycles. The van der Waals surface area contributed by atoms with E-state index in [9.17, 15) is 0 Å². The second kappa shape index (κ2) is 3.02. The molecule has 1 aromatic rings. The summed E-state index contributed by atoms with van der Waals surface area (Å²) >= 11 is 0. The molecule has 3 heteroatoms. The Morgan fingerprint density at radius 2 is 2.70 bits per heavy atom. The number of nitrogens with zero attached hydrogens (tertiary/aromatic N) is 2. The lowest BCUT2D eigenvalue weighted by Crippen LogP contribution is -1.95. The number of nitrogens with one attached hydrogen (secondary N) is 1. The van der Waals surface area contributed by atoms with Crippen molar-refractivity contribution < 1.29 is 0 Å². The molecule has 0 radical (unpaired) electrons. The maximum absolute atomic E-state index is 8.45. The second-order valence-electron chi connectivity index (χ2n) is 2.31. The Balaban J connectivity index is 2.50. The van der Waals surface area contributed by atoms with E-state index in [1.807, 2.05) is 6.92 Å². The van der Waals surface area contributed by atoms with Gasteiger partial charge in [0, 0.05) is 24.2 Å². The molecule has 0 fully saturated rings. The number of hydrogen-bond acceptors (Lipinski definition) is 2. The minimum absolute atomic E-state index is 0.0699. The molecule has 0 aromatic carbocycles. The number of hydrogen-bond donors (Lipinski definition) is 1. The molecule has 0 bridgehead atoms. The lowest BCUT2D eigenvalue weighted by molar-refractivity contribution is 0.725. The smallest absolute Gasteiger partial charge is 0.0921 e. The van der Waals surface area contributed by atoms with Crippen molar-refractivity contribution in [2.45, 2.75) is 13.3 Å². The van der Waals surface area contributed by atoms with E-state index in [1.54, 1.807) is 12.5 Å². The van der Waals surface area contributed by atoms with Crippen LogP contribution in [0, 0.1) is 17.2 Å². The number of rotatable bonds is 2. The maximum atomic E-state index is 8.45. The summed E-state index contributed by atoms with van der Waals surface area (Å²) in [7, 11) is 0. The summed E-state index contributed by atoms with van der Waals surface area (Å²) in [5.74, 6) is 0.0699. The molecule has 52 valence electrons. The Hall–Kier alpha value is -1.30. The highest BCUT2D eigenvalue weighted by atomic mass is 14.9. The van der Waals surface area contributed by atoms with Crippen molar-refractivity contribution in [2.75, 3.05) is 0 Å². The van der Waals surface area contributed by atoms with Gasteiger partial charge in [0.05, 0.1) is 12.4 Å². The Morgan fingerprint density at radius 3 is 3.20 bits per heavy atom. The van der Waals surface area contributed by atoms with Crippen molar-refractivity contribution >= 4 is 0 Å². The van der Waals surface area contributed by atoms with Crippen LogP contribution >= 0.6 is 0 Å². The zero-order valence-electron chi connectivity index (χ0n) is 5.83. The van der Waals surface area contributed by atoms with Crippen LogP contribution in [0.15, 0.2) is 12.5 Å². The highest BCUT2D eigenvalue weighted by molar-refractivity contribution is 4.99. The largest absolute Gasteiger partial charge is 0.348 e. The van der Waals surface area contributed by atoms with Crippen molar-refractivity contribution in [1.29, 1.82) is 5.26 Å². The van der Waals surface area contributed by atoms with Gasteiger partial charge < -0.3 is 4.98 Å². The molecule has 1 rings (SSSR count). The van der Waals surface area contributed by atoms with Crippen LogP contribution in [0.3, 0.4) is 0 Å². The van der Waals surface area contributed by atoms with Crippen LogP contribution in [0.4, 0.5) is 0 Å². The molecule has 0 saturated heterocycles. The average Bonchev–Trinajstić information content (AvgIpc) is 2.40. The van der Waals surface area contributed by atoms with Gasteiger partial charge in [-0.1, -0.05) is 0 Å². The van der Waals surface area contributed by atoms with E-state index in [0.29, 0.717) is 0 Å². The summed E-state index contributed by atoms with van der Waals surface area (Å²) in [6.07, 6.45) is 4.13. The minimum atomic E-state index is 0.0699. The van der Waals surface area contributed by atoms with Crippen LogP contribution in [0.1, 0.15) is 12.6 Å². The van der Waals surface area contributed by atoms with Crippen LogP contribution in [-0.4, -0.2) is 9.97 Å². The van der Waals surface area contributed by atoms with E-state index in [0.717, 1.165) is 12.1 Å². The predicted octanol–water partition coefficient (Wildman–Crippen LogP) is 1.11. The number of aromatic amines is 1. The van der Waals surface area contributed by atoms with E-state index in [2.05, 4.69) is 16.0 Å². The van der Waals surface area contributed by atoms with E-state index < -0.39 is 0 Å². The van der Waals surface area contributed by atoms with Gasteiger partial charge in [0.1, 0.15) is 0 Å². The van der Waals surface area contributed by atoms with Gasteiger partial charge in [-0.15, -0.1) is 0 Å². The molecule has 3 nitrogen and oxygen atoms in total. The predicted molar refractivity (Wildman–Crippen MR) is 37.1 cm³/mol. The van der Waals surface area contributed by atoms with Crippen LogP contribution in [0.2, 0.25) is 0 Å². The topological polar surface area (TPSA) is 52.5 Å². The fraction of sp³-hybridized carbons (Fsp3) is 0.429. The van der Waals surface area contributed by atoms with Crippen molar-refractivity contribution in [2.24, 2.45) is 5.92 Å². The van der Waals surface area contributed by atoms with E-state index >= 15 is 0 Å². The van der Waals surface area contributed by atoms with Crippen molar-refractivity contribution in [3.05, 3.63) is 18.2 Å². The van der Waals surface area contributed by atoms with Gasteiger partial charge in [0.15, 0.2) is 0 Å². The zero-order valence-corrected chi connectivity index (χ0v) is 5.83. The number of nitriles is 1. The molecule has 0 aliphatic rings. The summed E-state index contributed by atoms with van der Waals surface area (Å²) < 4.78 is 0. The highest BCUT2D eigenvalue weighted by Crippen LogP contribution is 2.02. The monoisotopic (exact) mass is 135 g/mol. The number of imidazole rings is 1. The standard InChI is InChI=1S/C7H9N3/c1-6(3-8)2-7-4-9-5-10-7/h4-6H,2H2,1H3,(H,9,10). The molecule has 0 saturated carbocycles. The van der Waals surface area contributed by atoms with E-state index in [-0.39, 0.29) is 5.92 Å². The van der Waals surface area contributed by atoms with Gasteiger partial charge in [0.2, 0.25) is 0 Å². The first-order valence-corrected chi connectivity index (χ1v) is 3.20. The highest BCUT2D eigenvalue weighted by Gasteiger charge is 2.00. The molecule has 0 aliphatic carbocycles. The third-order valence-electron chi connectivity index (χ3n) is 1.30. The molecule has 1 N–H and O–H groups in total. The van der Waals surface area contributed by atoms with Gasteiger partial charge in [0.25, 0.3) is 0 Å². The van der Waals surface area contributed by atoms with E-state index in [4.69, 9.17) is 5.26 Å². The molecular formula is C7H9N3. The molecule has 10 heavy (non-hydrogen) atoms. The molecule has 1 heterocycles. The summed E-state index contributed by atoms with van der Waals surface area (Å²) in [6.45, 7) is 1.89. The first kappa shape index (κ1) is 6.81. The van der Waals surface area contributed by atoms with Crippen molar-refractivity contribution in [3.63, 3.8) is 0 Å². The number of H-pyrrole nitrogens is 1. The van der Waals surface area contributed by atoms with E-state index in [1.165, 1.54) is 0 Å². The first-order valence-electron chi connectivity index (χ1n) is 3.20. The van der Waals surface area contributed by atoms with Gasteiger partial charge in [-0.3, -0.25) is 0 Å². The van der Waals surface area contributed by atoms with Crippen LogP contribution in [0.25, 0.3) is 0 Å². The normalized spacial score (nSPS) is 12.4. The lowest BCUT2D eigenvalue weighted by atomic mass is 10.1. The third kappa shape index (κ3) is 1.59. The van der Waals surface area contributed by atoms with Crippen LogP contribution in [-0.2, 0) is 6.42 Å². The van der Waals surface area contributed by atoms with Gasteiger partial charge in [-0.25, -0.2) is 4.98 Å². The quantitative estimate of drug-likeness (QED) is 0.660. The van der Waals surface area contributed by atoms with Crippen LogP contribution < -0.4 is 0 Å². The van der Waals surface area contributed by atoms with Crippen LogP contribution in [0.5, 0.6) is 0 Å².